The molecule has 0 aliphatic rings. The third-order valence-corrected chi connectivity index (χ3v) is 4.03. The molecule has 0 heterocycles. The van der Waals surface area contributed by atoms with Gasteiger partial charge in [-0.25, -0.2) is 8.78 Å². The maximum Gasteiger partial charge on any atom is 0.123 e. The first-order valence-corrected chi connectivity index (χ1v) is 7.60. The van der Waals surface area contributed by atoms with Crippen molar-refractivity contribution < 1.29 is 8.78 Å². The molecule has 0 nitrogen and oxygen atoms in total. The summed E-state index contributed by atoms with van der Waals surface area (Å²) in [7, 11) is 0. The average molecular weight is 324 g/mol. The van der Waals surface area contributed by atoms with Crippen molar-refractivity contribution in [2.24, 2.45) is 0 Å². The Morgan fingerprint density at radius 3 is 1.43 bits per heavy atom. The number of hydrogen-bond donors (Lipinski definition) is 1. The first-order chi connectivity index (χ1) is 11.1. The van der Waals surface area contributed by atoms with Crippen molar-refractivity contribution in [3.63, 3.8) is 0 Å². The molecule has 0 N–H and O–H groups in total. The van der Waals surface area contributed by atoms with E-state index in [1.54, 1.807) is 24.3 Å². The molecule has 3 rings (SSSR count). The molecule has 0 bridgehead atoms. The van der Waals surface area contributed by atoms with Crippen molar-refractivity contribution in [3.05, 3.63) is 107 Å². The van der Waals surface area contributed by atoms with Crippen LogP contribution in [-0.2, 0) is 0 Å². The molecule has 0 aliphatic heterocycles. The van der Waals surface area contributed by atoms with Gasteiger partial charge in [-0.05, 0) is 41.0 Å². The van der Waals surface area contributed by atoms with Gasteiger partial charge in [0.05, 0.1) is 0 Å². The van der Waals surface area contributed by atoms with Crippen molar-refractivity contribution in [2.75, 3.05) is 0 Å². The van der Waals surface area contributed by atoms with Crippen LogP contribution in [0.3, 0.4) is 0 Å². The van der Waals surface area contributed by atoms with Crippen LogP contribution in [-0.4, -0.2) is 0 Å². The number of benzene rings is 3. The minimum absolute atomic E-state index is 0.298. The lowest BCUT2D eigenvalue weighted by Crippen LogP contribution is -1.92. The topological polar surface area (TPSA) is 0 Å². The molecule has 0 saturated carbocycles. The molecule has 0 saturated heterocycles. The van der Waals surface area contributed by atoms with Crippen molar-refractivity contribution in [2.45, 2.75) is 0 Å². The lowest BCUT2D eigenvalue weighted by molar-refractivity contribution is 0.627. The maximum absolute atomic E-state index is 13.2. The molecule has 0 unspecified atom stereocenters. The zero-order valence-electron chi connectivity index (χ0n) is 12.2. The van der Waals surface area contributed by atoms with Crippen LogP contribution in [0.2, 0.25) is 0 Å². The second-order valence-electron chi connectivity index (χ2n) is 5.10. The average Bonchev–Trinajstić information content (AvgIpc) is 2.59. The molecule has 0 radical (unpaired) electrons. The molecule has 23 heavy (non-hydrogen) atoms. The summed E-state index contributed by atoms with van der Waals surface area (Å²) in [6, 6.07) is 22.1. The smallest absolute Gasteiger partial charge is 0.123 e. The van der Waals surface area contributed by atoms with E-state index >= 15 is 0 Å². The molecule has 0 spiro atoms. The van der Waals surface area contributed by atoms with E-state index in [1.165, 1.54) is 24.3 Å². The van der Waals surface area contributed by atoms with Crippen LogP contribution in [0.15, 0.2) is 78.9 Å². The summed E-state index contributed by atoms with van der Waals surface area (Å²) in [5, 5.41) is 0. The molecule has 3 aromatic carbocycles. The maximum atomic E-state index is 13.2. The molecule has 114 valence electrons. The van der Waals surface area contributed by atoms with Crippen LogP contribution < -0.4 is 0 Å². The van der Waals surface area contributed by atoms with E-state index in [9.17, 15) is 8.78 Å². The quantitative estimate of drug-likeness (QED) is 0.456. The van der Waals surface area contributed by atoms with Crippen LogP contribution in [0, 0.1) is 11.6 Å². The number of thiol groups is 1. The summed E-state index contributed by atoms with van der Waals surface area (Å²) in [6.45, 7) is 0. The zero-order valence-corrected chi connectivity index (χ0v) is 13.1. The first-order valence-electron chi connectivity index (χ1n) is 7.15. The van der Waals surface area contributed by atoms with Gasteiger partial charge in [0.1, 0.15) is 11.6 Å². The largest absolute Gasteiger partial charge is 0.207 e. The van der Waals surface area contributed by atoms with Gasteiger partial charge in [0.25, 0.3) is 0 Å². The SMILES string of the molecule is Fc1ccc(C(=C(S)c2ccccc2)c2ccc(F)cc2)cc1. The highest BCUT2D eigenvalue weighted by atomic mass is 32.1. The van der Waals surface area contributed by atoms with Gasteiger partial charge in [0.15, 0.2) is 0 Å². The van der Waals surface area contributed by atoms with Crippen LogP contribution in [0.25, 0.3) is 10.5 Å². The molecule has 0 aliphatic carbocycles. The van der Waals surface area contributed by atoms with Gasteiger partial charge in [0.2, 0.25) is 0 Å². The second kappa shape index (κ2) is 6.80. The van der Waals surface area contributed by atoms with Gasteiger partial charge < -0.3 is 0 Å². The Morgan fingerprint density at radius 1 is 0.565 bits per heavy atom. The van der Waals surface area contributed by atoms with Crippen LogP contribution >= 0.6 is 12.6 Å². The molecule has 0 fully saturated rings. The minimum Gasteiger partial charge on any atom is -0.207 e. The van der Waals surface area contributed by atoms with E-state index in [0.717, 1.165) is 27.2 Å². The molecule has 0 aromatic heterocycles. The van der Waals surface area contributed by atoms with E-state index < -0.39 is 0 Å². The lowest BCUT2D eigenvalue weighted by Gasteiger charge is -2.13. The van der Waals surface area contributed by atoms with Crippen LogP contribution in [0.4, 0.5) is 8.78 Å². The van der Waals surface area contributed by atoms with Gasteiger partial charge in [0, 0.05) is 10.5 Å². The summed E-state index contributed by atoms with van der Waals surface area (Å²) < 4.78 is 26.5. The van der Waals surface area contributed by atoms with Crippen molar-refractivity contribution >= 4 is 23.1 Å². The first kappa shape index (κ1) is 15.5. The molecule has 0 atom stereocenters. The standard InChI is InChI=1S/C20H14F2S/c21-17-10-6-14(7-11-17)19(15-8-12-18(22)13-9-15)20(23)16-4-2-1-3-5-16/h1-13,23H. The summed E-state index contributed by atoms with van der Waals surface area (Å²) in [6.07, 6.45) is 0. The van der Waals surface area contributed by atoms with Gasteiger partial charge >= 0.3 is 0 Å². The summed E-state index contributed by atoms with van der Waals surface area (Å²) >= 11 is 4.68. The molecular formula is C20H14F2S. The second-order valence-corrected chi connectivity index (χ2v) is 5.55. The van der Waals surface area contributed by atoms with E-state index in [-0.39, 0.29) is 11.6 Å². The highest BCUT2D eigenvalue weighted by Crippen LogP contribution is 2.34. The Morgan fingerprint density at radius 2 is 1.00 bits per heavy atom. The number of hydrogen-bond acceptors (Lipinski definition) is 1. The van der Waals surface area contributed by atoms with E-state index in [4.69, 9.17) is 0 Å². The third-order valence-electron chi connectivity index (χ3n) is 3.55. The van der Waals surface area contributed by atoms with Gasteiger partial charge in [-0.3, -0.25) is 0 Å². The van der Waals surface area contributed by atoms with Crippen molar-refractivity contribution in [3.8, 4) is 0 Å². The van der Waals surface area contributed by atoms with E-state index in [2.05, 4.69) is 12.6 Å². The molecule has 3 aromatic rings. The molecule has 3 heteroatoms. The summed E-state index contributed by atoms with van der Waals surface area (Å²) in [5.41, 5.74) is 3.43. The Balaban J connectivity index is 2.21. The predicted octanol–water partition coefficient (Wildman–Crippen LogP) is 5.81. The highest BCUT2D eigenvalue weighted by molar-refractivity contribution is 7.90. The van der Waals surface area contributed by atoms with Gasteiger partial charge in [-0.1, -0.05) is 54.6 Å². The van der Waals surface area contributed by atoms with Gasteiger partial charge in [-0.15, -0.1) is 12.6 Å². The summed E-state index contributed by atoms with van der Waals surface area (Å²) in [5.74, 6) is -0.597. The summed E-state index contributed by atoms with van der Waals surface area (Å²) in [4.78, 5) is 0.754. The normalized spacial score (nSPS) is 10.4. The lowest BCUT2D eigenvalue weighted by atomic mass is 9.95. The highest BCUT2D eigenvalue weighted by Gasteiger charge is 2.12. The Labute approximate surface area is 139 Å². The fourth-order valence-corrected chi connectivity index (χ4v) is 2.82. The zero-order chi connectivity index (χ0) is 16.2. The fraction of sp³-hybridized carbons (Fsp3) is 0. The minimum atomic E-state index is -0.298. The van der Waals surface area contributed by atoms with Crippen LogP contribution in [0.1, 0.15) is 16.7 Å². The van der Waals surface area contributed by atoms with Gasteiger partial charge in [-0.2, -0.15) is 0 Å². The predicted molar refractivity (Wildman–Crippen MR) is 94.1 cm³/mol. The Kier molecular flexibility index (Phi) is 4.58. The Bertz CT molecular complexity index is 772. The monoisotopic (exact) mass is 324 g/mol. The van der Waals surface area contributed by atoms with E-state index in [0.29, 0.717) is 0 Å². The molecular weight excluding hydrogens is 310 g/mol. The van der Waals surface area contributed by atoms with Crippen molar-refractivity contribution in [1.82, 2.24) is 0 Å². The van der Waals surface area contributed by atoms with Crippen molar-refractivity contribution in [1.29, 1.82) is 0 Å². The number of halogens is 2. The van der Waals surface area contributed by atoms with Crippen LogP contribution in [0.5, 0.6) is 0 Å². The number of rotatable bonds is 3. The van der Waals surface area contributed by atoms with E-state index in [1.807, 2.05) is 30.3 Å². The fourth-order valence-electron chi connectivity index (χ4n) is 2.41. The third kappa shape index (κ3) is 3.51. The molecule has 0 amide bonds. The Hall–Kier alpha value is -2.39.